The molecule has 1 aromatic carbocycles. The van der Waals surface area contributed by atoms with E-state index in [1.807, 2.05) is 12.1 Å². The first-order valence-electron chi connectivity index (χ1n) is 6.58. The zero-order chi connectivity index (χ0) is 16.6. The van der Waals surface area contributed by atoms with Gasteiger partial charge < -0.3 is 5.43 Å². The second-order valence-corrected chi connectivity index (χ2v) is 11.1. The summed E-state index contributed by atoms with van der Waals surface area (Å²) in [6.45, 7) is 0.408. The van der Waals surface area contributed by atoms with Crippen LogP contribution in [-0.4, -0.2) is 19.4 Å². The Morgan fingerprint density at radius 1 is 1.22 bits per heavy atom. The average Bonchev–Trinajstić information content (AvgIpc) is 2.87. The fraction of sp³-hybridized carbons (Fsp3) is 0.143. The quantitative estimate of drug-likeness (QED) is 0.523. The Bertz CT molecular complexity index is 844. The minimum Gasteiger partial charge on any atom is -0.304 e. The van der Waals surface area contributed by atoms with Crippen LogP contribution in [0.15, 0.2) is 49.6 Å². The number of nitrogens with zero attached hydrogens (tertiary/aromatic N) is 1. The normalized spacial score (nSPS) is 16.0. The molecule has 1 aromatic heterocycles. The Kier molecular flexibility index (Phi) is 5.53. The van der Waals surface area contributed by atoms with Crippen molar-refractivity contribution in [3.05, 3.63) is 53.1 Å². The maximum Gasteiger partial charge on any atom is 0.259 e. The summed E-state index contributed by atoms with van der Waals surface area (Å²) in [5.74, 6) is 0. The average molecular weight is 590 g/mol. The molecule has 1 aliphatic rings. The van der Waals surface area contributed by atoms with Gasteiger partial charge in [-0.15, -0.1) is 15.8 Å². The lowest BCUT2D eigenvalue weighted by atomic mass is 10.2. The number of sulfonamides is 1. The van der Waals surface area contributed by atoms with Gasteiger partial charge in [-0.1, -0.05) is 6.08 Å². The van der Waals surface area contributed by atoms with Gasteiger partial charge >= 0.3 is 0 Å². The van der Waals surface area contributed by atoms with Crippen molar-refractivity contribution in [3.63, 3.8) is 0 Å². The molecule has 122 valence electrons. The van der Waals surface area contributed by atoms with Gasteiger partial charge in [0.2, 0.25) is 0 Å². The molecule has 0 aliphatic carbocycles. The molecule has 2 heterocycles. The first-order chi connectivity index (χ1) is 10.9. The lowest BCUT2D eigenvalue weighted by molar-refractivity contribution is 0.363. The molecule has 0 spiro atoms. The van der Waals surface area contributed by atoms with Crippen molar-refractivity contribution in [2.45, 2.75) is 11.3 Å². The van der Waals surface area contributed by atoms with E-state index in [4.69, 9.17) is 0 Å². The fourth-order valence-corrected chi connectivity index (χ4v) is 5.80. The highest BCUT2D eigenvalue weighted by atomic mass is 127. The molecule has 0 saturated carbocycles. The molecule has 4 nitrogen and oxygen atoms in total. The molecule has 23 heavy (non-hydrogen) atoms. The van der Waals surface area contributed by atoms with Gasteiger partial charge in [0.1, 0.15) is 0 Å². The molecule has 1 aliphatic heterocycles. The first-order valence-corrected chi connectivity index (χ1v) is 11.5. The predicted molar refractivity (Wildman–Crippen MR) is 108 cm³/mol. The number of hydrogen-bond acceptors (Lipinski definition) is 4. The van der Waals surface area contributed by atoms with Crippen LogP contribution in [0, 0.1) is 3.57 Å². The van der Waals surface area contributed by atoms with Crippen LogP contribution in [-0.2, 0) is 10.0 Å². The molecule has 0 bridgehead atoms. The van der Waals surface area contributed by atoms with Gasteiger partial charge in [-0.3, -0.25) is 0 Å². The van der Waals surface area contributed by atoms with Gasteiger partial charge in [0, 0.05) is 14.6 Å². The Hall–Kier alpha value is 0.0600. The minimum absolute atomic E-state index is 0.292. The monoisotopic (exact) mass is 588 g/mol. The van der Waals surface area contributed by atoms with Gasteiger partial charge in [-0.05, 0) is 91.2 Å². The molecular weight excluding hydrogens is 579 g/mol. The van der Waals surface area contributed by atoms with Crippen molar-refractivity contribution in [2.75, 3.05) is 6.54 Å². The summed E-state index contributed by atoms with van der Waals surface area (Å²) >= 11 is 10.6. The van der Waals surface area contributed by atoms with Gasteiger partial charge in [0.25, 0.3) is 10.0 Å². The smallest absolute Gasteiger partial charge is 0.259 e. The van der Waals surface area contributed by atoms with E-state index in [1.165, 1.54) is 4.41 Å². The summed E-state index contributed by atoms with van der Waals surface area (Å²) in [5.41, 5.74) is 3.84. The Labute approximate surface area is 169 Å². The van der Waals surface area contributed by atoms with Gasteiger partial charge in [-0.2, -0.15) is 0 Å². The standard InChI is InChI=1S/C14H11Br2IN2O2S2/c15-11-8-13(22-14(11)16)12-2-1-7-19(18-12)23(20,21)10-5-3-9(17)4-6-10/h2-6,8,18H,1,7H2. The summed E-state index contributed by atoms with van der Waals surface area (Å²) < 4.78 is 29.8. The molecule has 0 saturated heterocycles. The van der Waals surface area contributed by atoms with Crippen LogP contribution in [0.2, 0.25) is 0 Å². The zero-order valence-corrected chi connectivity index (χ0v) is 18.6. The third-order valence-corrected chi connectivity index (χ3v) is 8.97. The number of hydrogen-bond donors (Lipinski definition) is 1. The van der Waals surface area contributed by atoms with Crippen LogP contribution < -0.4 is 5.43 Å². The Morgan fingerprint density at radius 2 is 1.91 bits per heavy atom. The van der Waals surface area contributed by atoms with Crippen LogP contribution in [0.25, 0.3) is 5.70 Å². The molecule has 0 fully saturated rings. The molecule has 0 unspecified atom stereocenters. The largest absolute Gasteiger partial charge is 0.304 e. The lowest BCUT2D eigenvalue weighted by Gasteiger charge is -2.28. The van der Waals surface area contributed by atoms with Crippen LogP contribution in [0.5, 0.6) is 0 Å². The second-order valence-electron chi connectivity index (χ2n) is 4.78. The third kappa shape index (κ3) is 3.84. The van der Waals surface area contributed by atoms with Crippen molar-refractivity contribution in [1.82, 2.24) is 9.84 Å². The molecule has 3 rings (SSSR count). The number of hydrazine groups is 1. The van der Waals surface area contributed by atoms with E-state index < -0.39 is 10.0 Å². The van der Waals surface area contributed by atoms with E-state index in [-0.39, 0.29) is 0 Å². The van der Waals surface area contributed by atoms with Gasteiger partial charge in [0.15, 0.2) is 0 Å². The number of nitrogens with one attached hydrogen (secondary N) is 1. The summed E-state index contributed by atoms with van der Waals surface area (Å²) in [5, 5.41) is 0. The van der Waals surface area contributed by atoms with E-state index in [1.54, 1.807) is 35.6 Å². The van der Waals surface area contributed by atoms with Crippen LogP contribution >= 0.6 is 65.8 Å². The SMILES string of the molecule is O=S(=O)(c1ccc(I)cc1)N1CCC=C(c2cc(Br)c(Br)s2)N1. The van der Waals surface area contributed by atoms with E-state index in [0.717, 1.165) is 22.4 Å². The van der Waals surface area contributed by atoms with Gasteiger partial charge in [0.05, 0.1) is 19.3 Å². The maximum atomic E-state index is 12.8. The van der Waals surface area contributed by atoms with Crippen LogP contribution in [0.4, 0.5) is 0 Å². The molecule has 0 radical (unpaired) electrons. The molecule has 0 atom stereocenters. The van der Waals surface area contributed by atoms with E-state index >= 15 is 0 Å². The molecule has 2 aromatic rings. The van der Waals surface area contributed by atoms with Crippen molar-refractivity contribution >= 4 is 81.5 Å². The summed E-state index contributed by atoms with van der Waals surface area (Å²) in [6, 6.07) is 8.82. The van der Waals surface area contributed by atoms with Crippen LogP contribution in [0.3, 0.4) is 0 Å². The minimum atomic E-state index is -3.56. The van der Waals surface area contributed by atoms with E-state index in [9.17, 15) is 8.42 Å². The Balaban J connectivity index is 1.87. The Morgan fingerprint density at radius 3 is 2.52 bits per heavy atom. The number of halogens is 3. The molecular formula is C14H11Br2IN2O2S2. The van der Waals surface area contributed by atoms with Gasteiger partial charge in [-0.25, -0.2) is 8.42 Å². The van der Waals surface area contributed by atoms with Crippen molar-refractivity contribution in [3.8, 4) is 0 Å². The van der Waals surface area contributed by atoms with E-state index in [0.29, 0.717) is 17.9 Å². The topological polar surface area (TPSA) is 49.4 Å². The number of thiophene rings is 1. The third-order valence-electron chi connectivity index (χ3n) is 3.24. The summed E-state index contributed by atoms with van der Waals surface area (Å²) in [7, 11) is -3.56. The molecule has 0 amide bonds. The van der Waals surface area contributed by atoms with Crippen molar-refractivity contribution in [1.29, 1.82) is 0 Å². The summed E-state index contributed by atoms with van der Waals surface area (Å²) in [4.78, 5) is 1.27. The predicted octanol–water partition coefficient (Wildman–Crippen LogP) is 4.82. The second kappa shape index (κ2) is 7.12. The highest BCUT2D eigenvalue weighted by Crippen LogP contribution is 2.36. The van der Waals surface area contributed by atoms with Crippen molar-refractivity contribution < 1.29 is 8.42 Å². The molecule has 9 heteroatoms. The first kappa shape index (κ1) is 17.9. The number of rotatable bonds is 3. The van der Waals surface area contributed by atoms with E-state index in [2.05, 4.69) is 59.9 Å². The number of benzene rings is 1. The maximum absolute atomic E-state index is 12.8. The van der Waals surface area contributed by atoms with Crippen LogP contribution in [0.1, 0.15) is 11.3 Å². The highest BCUT2D eigenvalue weighted by molar-refractivity contribution is 14.1. The molecule has 1 N–H and O–H groups in total. The lowest BCUT2D eigenvalue weighted by Crippen LogP contribution is -2.44. The van der Waals surface area contributed by atoms with Crippen molar-refractivity contribution in [2.24, 2.45) is 0 Å². The fourth-order valence-electron chi connectivity index (χ4n) is 2.11. The highest BCUT2D eigenvalue weighted by Gasteiger charge is 2.27. The summed E-state index contributed by atoms with van der Waals surface area (Å²) in [6.07, 6.45) is 2.68. The zero-order valence-electron chi connectivity index (χ0n) is 11.6.